The second kappa shape index (κ2) is 8.53. The lowest BCUT2D eigenvalue weighted by Gasteiger charge is -2.06. The largest absolute Gasteiger partial charge is 0.507 e. The van der Waals surface area contributed by atoms with Gasteiger partial charge in [0.25, 0.3) is 5.91 Å². The topological polar surface area (TPSA) is 73.7 Å². The van der Waals surface area contributed by atoms with Crippen LogP contribution in [-0.4, -0.2) is 23.8 Å². The first kappa shape index (κ1) is 17.3. The van der Waals surface area contributed by atoms with Crippen molar-refractivity contribution in [3.05, 3.63) is 71.8 Å². The summed E-state index contributed by atoms with van der Waals surface area (Å²) in [6.07, 6.45) is 3.71. The number of carbonyl (C=O) groups is 1. The van der Waals surface area contributed by atoms with Crippen LogP contribution in [0.1, 0.15) is 16.7 Å². The lowest BCUT2D eigenvalue weighted by Crippen LogP contribution is -2.25. The maximum Gasteiger partial charge on any atom is 0.259 e. The molecule has 0 saturated carbocycles. The number of benzene rings is 2. The van der Waals surface area contributed by atoms with Gasteiger partial charge in [-0.1, -0.05) is 30.3 Å². The average Bonchev–Trinajstić information content (AvgIpc) is 2.56. The van der Waals surface area contributed by atoms with Crippen molar-refractivity contribution in [3.8, 4) is 5.75 Å². The molecule has 0 aliphatic heterocycles. The third kappa shape index (κ3) is 4.98. The third-order valence-corrected chi connectivity index (χ3v) is 3.38. The fourth-order valence-corrected chi connectivity index (χ4v) is 2.19. The molecular weight excluding hydrogens is 302 g/mol. The van der Waals surface area contributed by atoms with E-state index in [0.29, 0.717) is 12.0 Å². The summed E-state index contributed by atoms with van der Waals surface area (Å²) in [5.74, 6) is -0.122. The Bertz CT molecular complexity index is 754. The number of hydrazone groups is 1. The molecule has 0 heterocycles. The number of nitrogens with one attached hydrogen (secondary N) is 2. The minimum absolute atomic E-state index is 0.114. The van der Waals surface area contributed by atoms with Gasteiger partial charge in [0.05, 0.1) is 12.8 Å². The van der Waals surface area contributed by atoms with E-state index in [-0.39, 0.29) is 18.2 Å². The van der Waals surface area contributed by atoms with Crippen LogP contribution in [0, 0.1) is 6.92 Å². The van der Waals surface area contributed by atoms with Crippen molar-refractivity contribution in [1.82, 2.24) is 5.43 Å². The van der Waals surface area contributed by atoms with Gasteiger partial charge in [0.15, 0.2) is 0 Å². The van der Waals surface area contributed by atoms with Crippen molar-refractivity contribution in [2.75, 3.05) is 11.9 Å². The Balaban J connectivity index is 1.88. The summed E-state index contributed by atoms with van der Waals surface area (Å²) in [6, 6.07) is 13.1. The number of hydrogen-bond donors (Lipinski definition) is 3. The summed E-state index contributed by atoms with van der Waals surface area (Å²) in [4.78, 5) is 11.8. The van der Waals surface area contributed by atoms with Gasteiger partial charge in [-0.2, -0.15) is 5.10 Å². The molecule has 2 rings (SSSR count). The number of para-hydroxylation sites is 1. The van der Waals surface area contributed by atoms with Crippen molar-refractivity contribution in [2.45, 2.75) is 13.3 Å². The highest BCUT2D eigenvalue weighted by atomic mass is 16.3. The van der Waals surface area contributed by atoms with E-state index in [1.807, 2.05) is 43.3 Å². The minimum atomic E-state index is -0.269. The van der Waals surface area contributed by atoms with Gasteiger partial charge in [-0.3, -0.25) is 4.79 Å². The van der Waals surface area contributed by atoms with E-state index in [2.05, 4.69) is 22.4 Å². The van der Waals surface area contributed by atoms with Crippen LogP contribution >= 0.6 is 0 Å². The smallest absolute Gasteiger partial charge is 0.259 e. The maximum atomic E-state index is 11.8. The molecule has 0 radical (unpaired) electrons. The van der Waals surface area contributed by atoms with Gasteiger partial charge in [0.1, 0.15) is 5.75 Å². The SMILES string of the molecule is C=CCc1cccc(C=NNC(=O)CNc2cccc(C)c2)c1O. The summed E-state index contributed by atoms with van der Waals surface area (Å²) < 4.78 is 0. The van der Waals surface area contributed by atoms with Crippen molar-refractivity contribution >= 4 is 17.8 Å². The molecule has 0 fully saturated rings. The van der Waals surface area contributed by atoms with E-state index in [0.717, 1.165) is 16.8 Å². The highest BCUT2D eigenvalue weighted by Crippen LogP contribution is 2.21. The zero-order valence-corrected chi connectivity index (χ0v) is 13.6. The average molecular weight is 323 g/mol. The lowest BCUT2D eigenvalue weighted by atomic mass is 10.1. The van der Waals surface area contributed by atoms with E-state index in [1.165, 1.54) is 6.21 Å². The molecule has 0 spiro atoms. The number of rotatable bonds is 7. The number of amides is 1. The molecule has 0 aliphatic rings. The van der Waals surface area contributed by atoms with Gasteiger partial charge in [-0.15, -0.1) is 6.58 Å². The molecule has 1 amide bonds. The molecule has 124 valence electrons. The van der Waals surface area contributed by atoms with Crippen LogP contribution in [0.25, 0.3) is 0 Å². The molecule has 5 heteroatoms. The van der Waals surface area contributed by atoms with Gasteiger partial charge in [0.2, 0.25) is 0 Å². The highest BCUT2D eigenvalue weighted by Gasteiger charge is 2.04. The molecular formula is C19H21N3O2. The summed E-state index contributed by atoms with van der Waals surface area (Å²) in [7, 11) is 0. The van der Waals surface area contributed by atoms with Gasteiger partial charge in [-0.05, 0) is 42.7 Å². The first-order chi connectivity index (χ1) is 11.6. The van der Waals surface area contributed by atoms with E-state index >= 15 is 0 Å². The number of allylic oxidation sites excluding steroid dienone is 1. The Hall–Kier alpha value is -3.08. The minimum Gasteiger partial charge on any atom is -0.507 e. The number of anilines is 1. The van der Waals surface area contributed by atoms with Gasteiger partial charge < -0.3 is 10.4 Å². The fourth-order valence-electron chi connectivity index (χ4n) is 2.19. The molecule has 0 saturated heterocycles. The van der Waals surface area contributed by atoms with Crippen molar-refractivity contribution in [1.29, 1.82) is 0 Å². The van der Waals surface area contributed by atoms with Crippen LogP contribution in [0.3, 0.4) is 0 Å². The Kier molecular flexibility index (Phi) is 6.14. The van der Waals surface area contributed by atoms with Crippen molar-refractivity contribution < 1.29 is 9.90 Å². The Morgan fingerprint density at radius 1 is 1.29 bits per heavy atom. The number of phenolic OH excluding ortho intramolecular Hbond substituents is 1. The number of phenols is 1. The monoisotopic (exact) mass is 323 g/mol. The number of aryl methyl sites for hydroxylation is 1. The van der Waals surface area contributed by atoms with Crippen molar-refractivity contribution in [3.63, 3.8) is 0 Å². The quantitative estimate of drug-likeness (QED) is 0.417. The predicted octanol–water partition coefficient (Wildman–Crippen LogP) is 2.99. The van der Waals surface area contributed by atoms with Crippen LogP contribution in [0.5, 0.6) is 5.75 Å². The molecule has 0 bridgehead atoms. The van der Waals surface area contributed by atoms with Crippen LogP contribution < -0.4 is 10.7 Å². The molecule has 5 nitrogen and oxygen atoms in total. The van der Waals surface area contributed by atoms with Gasteiger partial charge >= 0.3 is 0 Å². The third-order valence-electron chi connectivity index (χ3n) is 3.38. The standard InChI is InChI=1S/C19H21N3O2/c1-3-6-15-8-5-9-16(19(15)24)12-21-22-18(23)13-20-17-10-4-7-14(2)11-17/h3-5,7-12,20,24H,1,6,13H2,2H3,(H,22,23). The second-order valence-electron chi connectivity index (χ2n) is 5.36. The van der Waals surface area contributed by atoms with E-state index < -0.39 is 0 Å². The van der Waals surface area contributed by atoms with Crippen LogP contribution in [0.15, 0.2) is 60.2 Å². The second-order valence-corrected chi connectivity index (χ2v) is 5.36. The fraction of sp³-hybridized carbons (Fsp3) is 0.158. The Morgan fingerprint density at radius 3 is 2.83 bits per heavy atom. The first-order valence-corrected chi connectivity index (χ1v) is 7.64. The number of nitrogens with zero attached hydrogens (tertiary/aromatic N) is 1. The Labute approximate surface area is 141 Å². The molecule has 0 aromatic heterocycles. The van der Waals surface area contributed by atoms with Crippen LogP contribution in [0.2, 0.25) is 0 Å². The molecule has 2 aromatic rings. The highest BCUT2D eigenvalue weighted by molar-refractivity contribution is 5.86. The molecule has 0 atom stereocenters. The summed E-state index contributed by atoms with van der Waals surface area (Å²) in [6.45, 7) is 5.76. The van der Waals surface area contributed by atoms with Gasteiger partial charge in [0, 0.05) is 11.3 Å². The molecule has 0 aliphatic carbocycles. The molecule has 3 N–H and O–H groups in total. The zero-order chi connectivity index (χ0) is 17.4. The van der Waals surface area contributed by atoms with Crippen LogP contribution in [-0.2, 0) is 11.2 Å². The molecule has 2 aromatic carbocycles. The summed E-state index contributed by atoms with van der Waals surface area (Å²) in [5.41, 5.74) is 5.74. The molecule has 24 heavy (non-hydrogen) atoms. The first-order valence-electron chi connectivity index (χ1n) is 7.64. The molecule has 0 unspecified atom stereocenters. The van der Waals surface area contributed by atoms with Crippen LogP contribution in [0.4, 0.5) is 5.69 Å². The normalized spacial score (nSPS) is 10.5. The van der Waals surface area contributed by atoms with E-state index in [1.54, 1.807) is 12.1 Å². The summed E-state index contributed by atoms with van der Waals surface area (Å²) >= 11 is 0. The Morgan fingerprint density at radius 2 is 2.08 bits per heavy atom. The van der Waals surface area contributed by atoms with E-state index in [4.69, 9.17) is 0 Å². The number of carbonyl (C=O) groups excluding carboxylic acids is 1. The number of aromatic hydroxyl groups is 1. The lowest BCUT2D eigenvalue weighted by molar-refractivity contribution is -0.119. The van der Waals surface area contributed by atoms with Crippen molar-refractivity contribution in [2.24, 2.45) is 5.10 Å². The zero-order valence-electron chi connectivity index (χ0n) is 13.6. The number of hydrogen-bond acceptors (Lipinski definition) is 4. The van der Waals surface area contributed by atoms with Gasteiger partial charge in [-0.25, -0.2) is 5.43 Å². The van der Waals surface area contributed by atoms with E-state index in [9.17, 15) is 9.90 Å². The maximum absolute atomic E-state index is 11.8. The predicted molar refractivity (Wildman–Crippen MR) is 97.4 cm³/mol. The summed E-state index contributed by atoms with van der Waals surface area (Å²) in [5, 5.41) is 17.0.